The van der Waals surface area contributed by atoms with Crippen LogP contribution in [0.1, 0.15) is 29.8 Å². The van der Waals surface area contributed by atoms with Crippen molar-refractivity contribution in [2.75, 3.05) is 39.0 Å². The lowest BCUT2D eigenvalue weighted by Gasteiger charge is -2.22. The molecule has 0 atom stereocenters. The average Bonchev–Trinajstić information content (AvgIpc) is 3.24. The van der Waals surface area contributed by atoms with E-state index in [9.17, 15) is 9.59 Å². The summed E-state index contributed by atoms with van der Waals surface area (Å²) in [6.45, 7) is 5.54. The number of rotatable bonds is 8. The number of carbonyl (C=O) groups is 2. The molecular formula is C16H26N4O2S. The number of thiazole rings is 1. The summed E-state index contributed by atoms with van der Waals surface area (Å²) in [5.41, 5.74) is 0.933. The summed E-state index contributed by atoms with van der Waals surface area (Å²) < 4.78 is 0. The first-order valence-electron chi connectivity index (χ1n) is 8.04. The molecule has 0 spiro atoms. The Morgan fingerprint density at radius 1 is 1.26 bits per heavy atom. The molecule has 0 aliphatic heterocycles. The van der Waals surface area contributed by atoms with E-state index < -0.39 is 0 Å². The highest BCUT2D eigenvalue weighted by Crippen LogP contribution is 2.31. The molecule has 1 N–H and O–H groups in total. The summed E-state index contributed by atoms with van der Waals surface area (Å²) in [4.78, 5) is 33.8. The number of hydrogen-bond donors (Lipinski definition) is 1. The number of hydrogen-bond acceptors (Lipinski definition) is 5. The summed E-state index contributed by atoms with van der Waals surface area (Å²) in [5.74, 6) is 0.0783. The van der Waals surface area contributed by atoms with Crippen LogP contribution in [0.25, 0.3) is 0 Å². The van der Waals surface area contributed by atoms with Crippen LogP contribution >= 0.6 is 11.3 Å². The van der Waals surface area contributed by atoms with Gasteiger partial charge in [-0.1, -0.05) is 0 Å². The summed E-state index contributed by atoms with van der Waals surface area (Å²) in [6.07, 6.45) is 2.78. The molecule has 1 aliphatic rings. The lowest BCUT2D eigenvalue weighted by atomic mass is 10.3. The van der Waals surface area contributed by atoms with Gasteiger partial charge in [0.2, 0.25) is 11.8 Å². The lowest BCUT2D eigenvalue weighted by molar-refractivity contribution is -0.135. The van der Waals surface area contributed by atoms with Crippen LogP contribution in [-0.4, -0.2) is 60.3 Å². The van der Waals surface area contributed by atoms with E-state index in [1.165, 1.54) is 11.3 Å². The van der Waals surface area contributed by atoms with Gasteiger partial charge in [0.15, 0.2) is 5.13 Å². The van der Waals surface area contributed by atoms with Gasteiger partial charge in [0, 0.05) is 17.3 Å². The fourth-order valence-corrected chi connectivity index (χ4v) is 3.12. The third-order valence-electron chi connectivity index (χ3n) is 3.88. The summed E-state index contributed by atoms with van der Waals surface area (Å²) >= 11 is 1.47. The summed E-state index contributed by atoms with van der Waals surface area (Å²) in [5, 5.41) is 3.42. The Morgan fingerprint density at radius 3 is 2.48 bits per heavy atom. The molecule has 1 aromatic heterocycles. The predicted molar refractivity (Wildman–Crippen MR) is 92.7 cm³/mol. The first-order valence-corrected chi connectivity index (χ1v) is 8.86. The Labute approximate surface area is 141 Å². The van der Waals surface area contributed by atoms with Crippen molar-refractivity contribution >= 4 is 28.3 Å². The number of nitrogens with zero attached hydrogens (tertiary/aromatic N) is 3. The fraction of sp³-hybridized carbons (Fsp3) is 0.688. The van der Waals surface area contributed by atoms with Crippen LogP contribution in [0.2, 0.25) is 0 Å². The van der Waals surface area contributed by atoms with Gasteiger partial charge in [0.05, 0.1) is 12.2 Å². The molecule has 0 bridgehead atoms. The van der Waals surface area contributed by atoms with E-state index in [0.29, 0.717) is 11.7 Å². The smallest absolute Gasteiger partial charge is 0.245 e. The molecule has 1 aliphatic carbocycles. The van der Waals surface area contributed by atoms with Crippen LogP contribution in [0.4, 0.5) is 5.13 Å². The molecule has 1 fully saturated rings. The quantitative estimate of drug-likeness (QED) is 0.786. The first-order chi connectivity index (χ1) is 10.9. The van der Waals surface area contributed by atoms with Crippen molar-refractivity contribution in [3.8, 4) is 0 Å². The maximum atomic E-state index is 12.3. The van der Waals surface area contributed by atoms with Gasteiger partial charge >= 0.3 is 0 Å². The minimum atomic E-state index is -0.169. The fourth-order valence-electron chi connectivity index (χ4n) is 2.29. The van der Waals surface area contributed by atoms with Crippen molar-refractivity contribution in [2.24, 2.45) is 5.92 Å². The third kappa shape index (κ3) is 5.58. The Hall–Kier alpha value is -1.47. The van der Waals surface area contributed by atoms with Gasteiger partial charge in [-0.05, 0) is 53.8 Å². The van der Waals surface area contributed by atoms with Crippen LogP contribution in [0.15, 0.2) is 0 Å². The molecule has 0 radical (unpaired) electrons. The van der Waals surface area contributed by atoms with Crippen LogP contribution < -0.4 is 5.32 Å². The second-order valence-electron chi connectivity index (χ2n) is 6.40. The predicted octanol–water partition coefficient (Wildman–Crippen LogP) is 1.89. The number of aromatic nitrogens is 1. The Balaban J connectivity index is 1.89. The zero-order valence-corrected chi connectivity index (χ0v) is 15.2. The van der Waals surface area contributed by atoms with E-state index >= 15 is 0 Å². The van der Waals surface area contributed by atoms with Gasteiger partial charge in [-0.25, -0.2) is 4.98 Å². The van der Waals surface area contributed by atoms with Crippen molar-refractivity contribution in [3.05, 3.63) is 10.6 Å². The van der Waals surface area contributed by atoms with Gasteiger partial charge in [0.25, 0.3) is 0 Å². The highest BCUT2D eigenvalue weighted by Gasteiger charge is 2.34. The monoisotopic (exact) mass is 338 g/mol. The largest absolute Gasteiger partial charge is 0.333 e. The van der Waals surface area contributed by atoms with Crippen molar-refractivity contribution < 1.29 is 9.59 Å². The van der Waals surface area contributed by atoms with Crippen LogP contribution in [0, 0.1) is 19.8 Å². The minimum absolute atomic E-state index is 0.112. The number of anilines is 1. The molecule has 1 aromatic rings. The van der Waals surface area contributed by atoms with E-state index in [1.807, 2.05) is 27.9 Å². The van der Waals surface area contributed by atoms with Gasteiger partial charge in [-0.3, -0.25) is 9.59 Å². The van der Waals surface area contributed by atoms with Gasteiger partial charge in [0.1, 0.15) is 0 Å². The normalized spacial score (nSPS) is 14.1. The number of carbonyl (C=O) groups excluding carboxylic acids is 2. The highest BCUT2D eigenvalue weighted by molar-refractivity contribution is 7.15. The SMILES string of the molecule is Cc1nc(NC(=O)CN(CCCN(C)C)C(=O)C2CC2)sc1C. The van der Waals surface area contributed by atoms with Crippen LogP contribution in [0.3, 0.4) is 0 Å². The van der Waals surface area contributed by atoms with Crippen LogP contribution in [0.5, 0.6) is 0 Å². The van der Waals surface area contributed by atoms with E-state index in [1.54, 1.807) is 4.90 Å². The Bertz CT molecular complexity index is 547. The molecule has 128 valence electrons. The number of aryl methyl sites for hydroxylation is 2. The standard InChI is InChI=1S/C16H26N4O2S/c1-11-12(2)23-16(17-11)18-14(21)10-20(9-5-8-19(3)4)15(22)13-6-7-13/h13H,5-10H2,1-4H3,(H,17,18,21). The minimum Gasteiger partial charge on any atom is -0.333 e. The highest BCUT2D eigenvalue weighted by atomic mass is 32.1. The third-order valence-corrected chi connectivity index (χ3v) is 4.87. The van der Waals surface area contributed by atoms with E-state index in [2.05, 4.69) is 15.2 Å². The molecule has 1 saturated carbocycles. The molecule has 6 nitrogen and oxygen atoms in total. The van der Waals surface area contributed by atoms with Crippen molar-refractivity contribution in [1.82, 2.24) is 14.8 Å². The Morgan fingerprint density at radius 2 is 1.96 bits per heavy atom. The van der Waals surface area contributed by atoms with Crippen molar-refractivity contribution in [2.45, 2.75) is 33.1 Å². The second kappa shape index (κ2) is 7.88. The Kier molecular flexibility index (Phi) is 6.12. The van der Waals surface area contributed by atoms with Gasteiger partial charge in [-0.15, -0.1) is 11.3 Å². The first kappa shape index (κ1) is 17.9. The molecular weight excluding hydrogens is 312 g/mol. The van der Waals surface area contributed by atoms with E-state index in [4.69, 9.17) is 0 Å². The number of amides is 2. The van der Waals surface area contributed by atoms with E-state index in [-0.39, 0.29) is 24.3 Å². The molecule has 0 unspecified atom stereocenters. The topological polar surface area (TPSA) is 65.5 Å². The molecule has 0 saturated heterocycles. The summed E-state index contributed by atoms with van der Waals surface area (Å²) in [6, 6.07) is 0. The molecule has 7 heteroatoms. The number of nitrogens with one attached hydrogen (secondary N) is 1. The van der Waals surface area contributed by atoms with E-state index in [0.717, 1.165) is 36.4 Å². The average molecular weight is 338 g/mol. The van der Waals surface area contributed by atoms with Crippen molar-refractivity contribution in [1.29, 1.82) is 0 Å². The van der Waals surface area contributed by atoms with Crippen molar-refractivity contribution in [3.63, 3.8) is 0 Å². The van der Waals surface area contributed by atoms with Gasteiger partial charge in [-0.2, -0.15) is 0 Å². The second-order valence-corrected chi connectivity index (χ2v) is 7.60. The maximum Gasteiger partial charge on any atom is 0.245 e. The zero-order chi connectivity index (χ0) is 17.0. The van der Waals surface area contributed by atoms with Crippen LogP contribution in [-0.2, 0) is 9.59 Å². The molecule has 2 amide bonds. The molecule has 0 aromatic carbocycles. The zero-order valence-electron chi connectivity index (χ0n) is 14.4. The molecule has 1 heterocycles. The molecule has 2 rings (SSSR count). The molecule has 23 heavy (non-hydrogen) atoms. The van der Waals surface area contributed by atoms with Gasteiger partial charge < -0.3 is 15.1 Å². The maximum absolute atomic E-state index is 12.3. The summed E-state index contributed by atoms with van der Waals surface area (Å²) in [7, 11) is 4.01. The lowest BCUT2D eigenvalue weighted by Crippen LogP contribution is -2.40.